The zero-order valence-corrected chi connectivity index (χ0v) is 13.8. The van der Waals surface area contributed by atoms with Gasteiger partial charge in [-0.25, -0.2) is 4.98 Å². The number of carbonyl (C=O) groups is 2. The summed E-state index contributed by atoms with van der Waals surface area (Å²) < 4.78 is 1.48. The van der Waals surface area contributed by atoms with Crippen molar-refractivity contribution in [2.45, 2.75) is 26.3 Å². The van der Waals surface area contributed by atoms with Crippen LogP contribution in [-0.2, 0) is 4.79 Å². The van der Waals surface area contributed by atoms with Crippen molar-refractivity contribution in [3.8, 4) is 5.69 Å². The van der Waals surface area contributed by atoms with Crippen LogP contribution in [0.15, 0.2) is 36.9 Å². The van der Waals surface area contributed by atoms with Crippen molar-refractivity contribution in [1.29, 1.82) is 0 Å². The van der Waals surface area contributed by atoms with Gasteiger partial charge in [-0.3, -0.25) is 19.7 Å². The maximum Gasteiger partial charge on any atom is 0.305 e. The first kappa shape index (κ1) is 18.1. The molecule has 0 saturated carbocycles. The molecule has 2 aromatic rings. The minimum absolute atomic E-state index is 0.0307. The van der Waals surface area contributed by atoms with Crippen LogP contribution in [0.3, 0.4) is 0 Å². The number of carboxylic acids is 1. The molecule has 0 aliphatic carbocycles. The highest BCUT2D eigenvalue weighted by Crippen LogP contribution is 2.25. The van der Waals surface area contributed by atoms with Crippen molar-refractivity contribution >= 4 is 17.6 Å². The smallest absolute Gasteiger partial charge is 0.305 e. The molecular weight excluding hydrogens is 328 g/mol. The zero-order valence-electron chi connectivity index (χ0n) is 13.8. The van der Waals surface area contributed by atoms with E-state index >= 15 is 0 Å². The number of aliphatic carboxylic acids is 1. The van der Waals surface area contributed by atoms with Crippen LogP contribution >= 0.6 is 0 Å². The van der Waals surface area contributed by atoms with Crippen LogP contribution in [0.2, 0.25) is 0 Å². The van der Waals surface area contributed by atoms with Gasteiger partial charge in [-0.1, -0.05) is 0 Å². The normalized spacial score (nSPS) is 10.7. The lowest BCUT2D eigenvalue weighted by molar-refractivity contribution is -0.384. The molecule has 1 aromatic heterocycles. The summed E-state index contributed by atoms with van der Waals surface area (Å²) in [7, 11) is 0. The molecule has 25 heavy (non-hydrogen) atoms. The summed E-state index contributed by atoms with van der Waals surface area (Å²) in [5.41, 5.74) is 0.195. The number of hydrogen-bond acceptors (Lipinski definition) is 5. The number of carboxylic acid groups (broad SMARTS) is 1. The Hall–Kier alpha value is -3.23. The van der Waals surface area contributed by atoms with Gasteiger partial charge in [0.25, 0.3) is 11.6 Å². The Balaban J connectivity index is 2.38. The summed E-state index contributed by atoms with van der Waals surface area (Å²) in [6, 6.07) is 3.93. The molecule has 132 valence electrons. The van der Waals surface area contributed by atoms with Gasteiger partial charge >= 0.3 is 5.97 Å². The van der Waals surface area contributed by atoms with E-state index in [2.05, 4.69) is 4.98 Å². The second-order valence-corrected chi connectivity index (χ2v) is 5.67. The Labute approximate surface area is 143 Å². The van der Waals surface area contributed by atoms with Crippen LogP contribution in [-0.4, -0.2) is 48.9 Å². The number of nitro groups is 1. The lowest BCUT2D eigenvalue weighted by atomic mass is 10.1. The van der Waals surface area contributed by atoms with E-state index < -0.39 is 16.8 Å². The van der Waals surface area contributed by atoms with Crippen LogP contribution < -0.4 is 0 Å². The number of hydrogen-bond donors (Lipinski definition) is 1. The van der Waals surface area contributed by atoms with E-state index in [0.717, 1.165) is 0 Å². The minimum atomic E-state index is -1.01. The average molecular weight is 346 g/mol. The maximum atomic E-state index is 12.7. The van der Waals surface area contributed by atoms with E-state index in [9.17, 15) is 19.7 Å². The lowest BCUT2D eigenvalue weighted by Crippen LogP contribution is -2.38. The van der Waals surface area contributed by atoms with E-state index in [4.69, 9.17) is 5.11 Å². The number of aromatic nitrogens is 2. The average Bonchev–Trinajstić information content (AvgIpc) is 3.07. The fourth-order valence-electron chi connectivity index (χ4n) is 2.40. The molecule has 0 bridgehead atoms. The first-order valence-corrected chi connectivity index (χ1v) is 7.60. The van der Waals surface area contributed by atoms with E-state index in [0.29, 0.717) is 5.69 Å². The largest absolute Gasteiger partial charge is 0.481 e. The van der Waals surface area contributed by atoms with E-state index in [1.807, 2.05) is 0 Å². The number of amides is 1. The third kappa shape index (κ3) is 4.19. The molecule has 1 heterocycles. The maximum absolute atomic E-state index is 12.7. The molecule has 1 N–H and O–H groups in total. The fourth-order valence-corrected chi connectivity index (χ4v) is 2.40. The van der Waals surface area contributed by atoms with Crippen molar-refractivity contribution in [3.05, 3.63) is 52.6 Å². The molecule has 0 aliphatic rings. The summed E-state index contributed by atoms with van der Waals surface area (Å²) in [5, 5.41) is 20.2. The summed E-state index contributed by atoms with van der Waals surface area (Å²) in [6.45, 7) is 3.55. The van der Waals surface area contributed by atoms with Gasteiger partial charge in [-0.15, -0.1) is 0 Å². The lowest BCUT2D eigenvalue weighted by Gasteiger charge is -2.26. The predicted molar refractivity (Wildman–Crippen MR) is 88.6 cm³/mol. The second-order valence-electron chi connectivity index (χ2n) is 5.67. The highest BCUT2D eigenvalue weighted by molar-refractivity contribution is 5.95. The van der Waals surface area contributed by atoms with E-state index in [-0.39, 0.29) is 30.3 Å². The molecule has 1 aromatic carbocycles. The number of nitro benzene ring substituents is 1. The first-order chi connectivity index (χ1) is 11.8. The molecule has 0 atom stereocenters. The van der Waals surface area contributed by atoms with Gasteiger partial charge in [0.2, 0.25) is 0 Å². The molecule has 9 heteroatoms. The van der Waals surface area contributed by atoms with Gasteiger partial charge in [0, 0.05) is 36.6 Å². The Morgan fingerprint density at radius 1 is 1.40 bits per heavy atom. The third-order valence-electron chi connectivity index (χ3n) is 3.65. The molecular formula is C16H18N4O5. The highest BCUT2D eigenvalue weighted by atomic mass is 16.6. The van der Waals surface area contributed by atoms with E-state index in [1.165, 1.54) is 40.2 Å². The summed E-state index contributed by atoms with van der Waals surface area (Å²) in [4.78, 5) is 39.5. The van der Waals surface area contributed by atoms with Crippen molar-refractivity contribution < 1.29 is 19.6 Å². The number of carbonyl (C=O) groups excluding carboxylic acids is 1. The predicted octanol–water partition coefficient (Wildman–Crippen LogP) is 2.11. The molecule has 1 amide bonds. The Bertz CT molecular complexity index is 786. The van der Waals surface area contributed by atoms with Crippen LogP contribution in [0.5, 0.6) is 0 Å². The van der Waals surface area contributed by atoms with Crippen LogP contribution in [0.4, 0.5) is 5.69 Å². The number of benzene rings is 1. The van der Waals surface area contributed by atoms with Gasteiger partial charge in [0.15, 0.2) is 0 Å². The Morgan fingerprint density at radius 2 is 2.12 bits per heavy atom. The topological polar surface area (TPSA) is 119 Å². The highest BCUT2D eigenvalue weighted by Gasteiger charge is 2.23. The van der Waals surface area contributed by atoms with Gasteiger partial charge in [-0.05, 0) is 26.0 Å². The van der Waals surface area contributed by atoms with Gasteiger partial charge in [-0.2, -0.15) is 0 Å². The van der Waals surface area contributed by atoms with Crippen LogP contribution in [0, 0.1) is 10.1 Å². The van der Waals surface area contributed by atoms with Crippen molar-refractivity contribution in [2.24, 2.45) is 0 Å². The number of rotatable bonds is 7. The third-order valence-corrected chi connectivity index (χ3v) is 3.65. The fraction of sp³-hybridized carbons (Fsp3) is 0.312. The minimum Gasteiger partial charge on any atom is -0.481 e. The van der Waals surface area contributed by atoms with Crippen molar-refractivity contribution in [2.75, 3.05) is 6.54 Å². The van der Waals surface area contributed by atoms with E-state index in [1.54, 1.807) is 20.0 Å². The molecule has 2 rings (SSSR count). The quantitative estimate of drug-likeness (QED) is 0.606. The van der Waals surface area contributed by atoms with Crippen LogP contribution in [0.1, 0.15) is 30.6 Å². The summed E-state index contributed by atoms with van der Waals surface area (Å²) >= 11 is 0. The Kier molecular flexibility index (Phi) is 5.48. The molecule has 0 radical (unpaired) electrons. The van der Waals surface area contributed by atoms with Gasteiger partial charge in [0.1, 0.15) is 5.69 Å². The number of nitrogens with zero attached hydrogens (tertiary/aromatic N) is 4. The standard InChI is InChI=1S/C16H18N4O5/c1-11(2)19(7-5-15(21)22)16(23)12-3-4-13(14(9-12)20(24)25)18-8-6-17-10-18/h3-4,6,8-11H,5,7H2,1-2H3,(H,21,22). The van der Waals surface area contributed by atoms with Crippen molar-refractivity contribution in [3.63, 3.8) is 0 Å². The number of imidazole rings is 1. The molecule has 0 spiro atoms. The molecule has 0 saturated heterocycles. The molecule has 0 fully saturated rings. The molecule has 0 aliphatic heterocycles. The summed E-state index contributed by atoms with van der Waals surface area (Å²) in [5.74, 6) is -1.46. The van der Waals surface area contributed by atoms with Crippen molar-refractivity contribution in [1.82, 2.24) is 14.5 Å². The monoisotopic (exact) mass is 346 g/mol. The second kappa shape index (κ2) is 7.56. The van der Waals surface area contributed by atoms with Gasteiger partial charge < -0.3 is 14.6 Å². The SMILES string of the molecule is CC(C)N(CCC(=O)O)C(=O)c1ccc(-n2ccnc2)c([N+](=O)[O-])c1. The zero-order chi connectivity index (χ0) is 18.6. The molecule has 0 unspecified atom stereocenters. The van der Waals surface area contributed by atoms with Gasteiger partial charge in [0.05, 0.1) is 17.7 Å². The Morgan fingerprint density at radius 3 is 2.64 bits per heavy atom. The van der Waals surface area contributed by atoms with Crippen LogP contribution in [0.25, 0.3) is 5.69 Å². The summed E-state index contributed by atoms with van der Waals surface area (Å²) in [6.07, 6.45) is 4.29. The molecule has 9 nitrogen and oxygen atoms in total. The first-order valence-electron chi connectivity index (χ1n) is 7.60.